The van der Waals surface area contributed by atoms with E-state index in [-0.39, 0.29) is 0 Å². The Bertz CT molecular complexity index is 199. The maximum absolute atomic E-state index is 12.2. The molecule has 0 rings (SSSR count). The standard InChI is InChI=1S/C12H27O4P.C4H10/c1-4-7-10-14-17(13,15-11-8-5-2)16-12-9-6-3;1-3-4-2/h4-12H2,1-3H3;3-4H2,1-2H3. The minimum Gasteiger partial charge on any atom is -0.287 e. The van der Waals surface area contributed by atoms with Crippen molar-refractivity contribution in [2.45, 2.75) is 86.0 Å². The third kappa shape index (κ3) is 18.1. The van der Waals surface area contributed by atoms with E-state index < -0.39 is 7.82 Å². The summed E-state index contributed by atoms with van der Waals surface area (Å²) < 4.78 is 28.0. The summed E-state index contributed by atoms with van der Waals surface area (Å²) in [6.45, 7) is 11.8. The van der Waals surface area contributed by atoms with Crippen molar-refractivity contribution in [1.82, 2.24) is 0 Å². The molecule has 0 bridgehead atoms. The van der Waals surface area contributed by atoms with Crippen molar-refractivity contribution in [2.75, 3.05) is 19.8 Å². The first-order valence-electron chi connectivity index (χ1n) is 8.63. The van der Waals surface area contributed by atoms with Crippen molar-refractivity contribution >= 4 is 7.82 Å². The predicted octanol–water partition coefficient (Wildman–Crippen LogP) is 6.35. The minimum absolute atomic E-state index is 0.437. The summed E-state index contributed by atoms with van der Waals surface area (Å²) in [5.74, 6) is 0. The van der Waals surface area contributed by atoms with Crippen LogP contribution in [0.3, 0.4) is 0 Å². The molecule has 0 saturated carbocycles. The molecule has 0 aromatic carbocycles. The van der Waals surface area contributed by atoms with Gasteiger partial charge in [0.2, 0.25) is 0 Å². The third-order valence-corrected chi connectivity index (χ3v) is 4.24. The fraction of sp³-hybridized carbons (Fsp3) is 1.00. The molecule has 0 spiro atoms. The maximum atomic E-state index is 12.2. The molecule has 0 saturated heterocycles. The quantitative estimate of drug-likeness (QED) is 0.292. The van der Waals surface area contributed by atoms with Gasteiger partial charge in [-0.05, 0) is 19.3 Å². The zero-order chi connectivity index (χ0) is 16.4. The average Bonchev–Trinajstić information content (AvgIpc) is 2.48. The lowest BCUT2D eigenvalue weighted by Gasteiger charge is -2.17. The first kappa shape index (κ1) is 23.4. The number of hydrogen-bond acceptors (Lipinski definition) is 4. The number of hydrogen-bond donors (Lipinski definition) is 0. The van der Waals surface area contributed by atoms with Gasteiger partial charge < -0.3 is 0 Å². The van der Waals surface area contributed by atoms with Crippen molar-refractivity contribution in [1.29, 1.82) is 0 Å². The smallest absolute Gasteiger partial charge is 0.287 e. The fourth-order valence-electron chi connectivity index (χ4n) is 1.07. The summed E-state index contributed by atoms with van der Waals surface area (Å²) in [5.41, 5.74) is 0. The van der Waals surface area contributed by atoms with E-state index in [2.05, 4.69) is 34.6 Å². The molecule has 0 aromatic heterocycles. The summed E-state index contributed by atoms with van der Waals surface area (Å²) in [5, 5.41) is 0. The molecule has 0 heterocycles. The Kier molecular flexibility index (Phi) is 20.2. The van der Waals surface area contributed by atoms with E-state index in [0.29, 0.717) is 19.8 Å². The molecule has 0 radical (unpaired) electrons. The first-order chi connectivity index (χ1) is 10.1. The van der Waals surface area contributed by atoms with Gasteiger partial charge >= 0.3 is 7.82 Å². The molecule has 0 amide bonds. The molecule has 0 aliphatic carbocycles. The molecule has 5 heteroatoms. The molecule has 21 heavy (non-hydrogen) atoms. The lowest BCUT2D eigenvalue weighted by Crippen LogP contribution is -2.03. The number of rotatable bonds is 13. The van der Waals surface area contributed by atoms with Crippen molar-refractivity contribution < 1.29 is 18.1 Å². The Morgan fingerprint density at radius 2 is 0.857 bits per heavy atom. The highest BCUT2D eigenvalue weighted by molar-refractivity contribution is 7.48. The van der Waals surface area contributed by atoms with Gasteiger partial charge in [0.25, 0.3) is 0 Å². The lowest BCUT2D eigenvalue weighted by molar-refractivity contribution is 0.110. The summed E-state index contributed by atoms with van der Waals surface area (Å²) in [7, 11) is -3.31. The van der Waals surface area contributed by atoms with Crippen LogP contribution >= 0.6 is 7.82 Å². The second-order valence-electron chi connectivity index (χ2n) is 5.01. The van der Waals surface area contributed by atoms with Crippen molar-refractivity contribution in [3.63, 3.8) is 0 Å². The first-order valence-corrected chi connectivity index (χ1v) is 10.1. The normalized spacial score (nSPS) is 11.1. The van der Waals surface area contributed by atoms with Crippen LogP contribution in [0.2, 0.25) is 0 Å². The zero-order valence-corrected chi connectivity index (χ0v) is 15.8. The second-order valence-corrected chi connectivity index (χ2v) is 6.68. The molecule has 4 nitrogen and oxygen atoms in total. The van der Waals surface area contributed by atoms with E-state index in [1.807, 2.05) is 0 Å². The van der Waals surface area contributed by atoms with Crippen LogP contribution < -0.4 is 0 Å². The van der Waals surface area contributed by atoms with Gasteiger partial charge in [0.15, 0.2) is 0 Å². The molecule has 0 unspecified atom stereocenters. The van der Waals surface area contributed by atoms with E-state index in [1.54, 1.807) is 0 Å². The predicted molar refractivity (Wildman–Crippen MR) is 90.8 cm³/mol. The Hall–Kier alpha value is 0.110. The van der Waals surface area contributed by atoms with Gasteiger partial charge in [0.1, 0.15) is 0 Å². The van der Waals surface area contributed by atoms with Crippen LogP contribution in [0.1, 0.15) is 86.0 Å². The minimum atomic E-state index is -3.31. The molecule has 0 aliphatic rings. The molecular weight excluding hydrogens is 287 g/mol. The van der Waals surface area contributed by atoms with Gasteiger partial charge in [-0.25, -0.2) is 4.57 Å². The summed E-state index contributed by atoms with van der Waals surface area (Å²) >= 11 is 0. The van der Waals surface area contributed by atoms with Crippen molar-refractivity contribution in [2.24, 2.45) is 0 Å². The number of phosphoric acid groups is 1. The topological polar surface area (TPSA) is 44.8 Å². The number of phosphoric ester groups is 1. The van der Waals surface area contributed by atoms with E-state index >= 15 is 0 Å². The van der Waals surface area contributed by atoms with E-state index in [9.17, 15) is 4.57 Å². The van der Waals surface area contributed by atoms with Gasteiger partial charge in [-0.2, -0.15) is 0 Å². The molecule has 130 valence electrons. The summed E-state index contributed by atoms with van der Waals surface area (Å²) in [6, 6.07) is 0. The fourth-order valence-corrected chi connectivity index (χ4v) is 2.36. The molecule has 0 atom stereocenters. The van der Waals surface area contributed by atoms with E-state index in [1.165, 1.54) is 12.8 Å². The Morgan fingerprint density at radius 3 is 1.05 bits per heavy atom. The lowest BCUT2D eigenvalue weighted by atomic mass is 10.4. The Balaban J connectivity index is 0. The number of unbranched alkanes of at least 4 members (excludes halogenated alkanes) is 4. The van der Waals surface area contributed by atoms with Gasteiger partial charge in [-0.3, -0.25) is 13.6 Å². The zero-order valence-electron chi connectivity index (χ0n) is 14.9. The van der Waals surface area contributed by atoms with Gasteiger partial charge in [0.05, 0.1) is 19.8 Å². The summed E-state index contributed by atoms with van der Waals surface area (Å²) in [6.07, 6.45) is 8.27. The molecule has 0 aliphatic heterocycles. The van der Waals surface area contributed by atoms with Crippen LogP contribution in [-0.4, -0.2) is 19.8 Å². The highest BCUT2D eigenvalue weighted by Gasteiger charge is 2.25. The van der Waals surface area contributed by atoms with Crippen LogP contribution in [0, 0.1) is 0 Å². The van der Waals surface area contributed by atoms with Gasteiger partial charge in [-0.1, -0.05) is 66.7 Å². The van der Waals surface area contributed by atoms with Crippen molar-refractivity contribution in [3.8, 4) is 0 Å². The van der Waals surface area contributed by atoms with Gasteiger partial charge in [0, 0.05) is 0 Å². The van der Waals surface area contributed by atoms with Crippen LogP contribution in [0.15, 0.2) is 0 Å². The highest BCUT2D eigenvalue weighted by Crippen LogP contribution is 2.49. The van der Waals surface area contributed by atoms with Crippen LogP contribution in [0.4, 0.5) is 0 Å². The third-order valence-electron chi connectivity index (χ3n) is 2.74. The van der Waals surface area contributed by atoms with Crippen LogP contribution in [-0.2, 0) is 18.1 Å². The van der Waals surface area contributed by atoms with E-state index in [0.717, 1.165) is 38.5 Å². The van der Waals surface area contributed by atoms with Gasteiger partial charge in [-0.15, -0.1) is 0 Å². The molecule has 0 N–H and O–H groups in total. The Labute approximate surface area is 132 Å². The molecule has 0 fully saturated rings. The van der Waals surface area contributed by atoms with E-state index in [4.69, 9.17) is 13.6 Å². The molecule has 0 aromatic rings. The monoisotopic (exact) mass is 324 g/mol. The largest absolute Gasteiger partial charge is 0.474 e. The average molecular weight is 324 g/mol. The van der Waals surface area contributed by atoms with Crippen LogP contribution in [0.5, 0.6) is 0 Å². The highest BCUT2D eigenvalue weighted by atomic mass is 31.2. The SMILES string of the molecule is CCCC.CCCCOP(=O)(OCCCC)OCCCC. The van der Waals surface area contributed by atoms with Crippen molar-refractivity contribution in [3.05, 3.63) is 0 Å². The molecular formula is C16H37O4P. The maximum Gasteiger partial charge on any atom is 0.474 e. The Morgan fingerprint density at radius 1 is 0.571 bits per heavy atom. The summed E-state index contributed by atoms with van der Waals surface area (Å²) in [4.78, 5) is 0. The second kappa shape index (κ2) is 18.2. The van der Waals surface area contributed by atoms with Crippen LogP contribution in [0.25, 0.3) is 0 Å².